The molecule has 0 atom stereocenters. The van der Waals surface area contributed by atoms with Crippen LogP contribution >= 0.6 is 0 Å². The van der Waals surface area contributed by atoms with Gasteiger partial charge >= 0.3 is 0 Å². The predicted octanol–water partition coefficient (Wildman–Crippen LogP) is 1.78. The highest BCUT2D eigenvalue weighted by Gasteiger charge is 2.06. The molecule has 0 aliphatic carbocycles. The monoisotopic (exact) mass is 246 g/mol. The number of rotatable bonds is 2. The topological polar surface area (TPSA) is 51.1 Å². The van der Waals surface area contributed by atoms with Gasteiger partial charge in [-0.25, -0.2) is 4.39 Å². The molecule has 0 fully saturated rings. The molecule has 0 unspecified atom stereocenters. The fourth-order valence-electron chi connectivity index (χ4n) is 1.46. The molecule has 2 aromatic rings. The Morgan fingerprint density at radius 2 is 1.83 bits per heavy atom. The summed E-state index contributed by atoms with van der Waals surface area (Å²) in [5.74, 6) is -0.715. The molecule has 0 aliphatic rings. The summed E-state index contributed by atoms with van der Waals surface area (Å²) in [6.45, 7) is 0. The Kier molecular flexibility index (Phi) is 3.23. The van der Waals surface area contributed by atoms with Crippen molar-refractivity contribution in [1.29, 1.82) is 0 Å². The van der Waals surface area contributed by atoms with Gasteiger partial charge < -0.3 is 9.88 Å². The number of aromatic nitrogens is 1. The Labute approximate surface area is 103 Å². The average Bonchev–Trinajstić information content (AvgIpc) is 2.35. The van der Waals surface area contributed by atoms with Gasteiger partial charge in [-0.3, -0.25) is 9.59 Å². The molecule has 0 radical (unpaired) electrons. The smallest absolute Gasteiger partial charge is 0.257 e. The molecule has 1 N–H and O–H groups in total. The minimum absolute atomic E-state index is 0.187. The van der Waals surface area contributed by atoms with Crippen molar-refractivity contribution in [3.05, 3.63) is 64.3 Å². The summed E-state index contributed by atoms with van der Waals surface area (Å²) in [6.07, 6.45) is 1.45. The molecule has 1 heterocycles. The lowest BCUT2D eigenvalue weighted by atomic mass is 10.2. The fourth-order valence-corrected chi connectivity index (χ4v) is 1.46. The van der Waals surface area contributed by atoms with Crippen molar-refractivity contribution in [2.24, 2.45) is 7.05 Å². The number of anilines is 1. The summed E-state index contributed by atoms with van der Waals surface area (Å²) >= 11 is 0. The van der Waals surface area contributed by atoms with E-state index in [4.69, 9.17) is 0 Å². The highest BCUT2D eigenvalue weighted by Crippen LogP contribution is 2.09. The van der Waals surface area contributed by atoms with Gasteiger partial charge in [-0.1, -0.05) is 0 Å². The maximum atomic E-state index is 12.7. The van der Waals surface area contributed by atoms with Crippen LogP contribution in [0.25, 0.3) is 0 Å². The van der Waals surface area contributed by atoms with Crippen molar-refractivity contribution >= 4 is 11.6 Å². The van der Waals surface area contributed by atoms with Crippen LogP contribution in [0.1, 0.15) is 10.4 Å². The average molecular weight is 246 g/mol. The molecule has 2 rings (SSSR count). The Hall–Kier alpha value is -2.43. The van der Waals surface area contributed by atoms with Gasteiger partial charge in [0.05, 0.1) is 5.56 Å². The molecule has 0 aliphatic heterocycles. The van der Waals surface area contributed by atoms with E-state index >= 15 is 0 Å². The number of benzene rings is 1. The third-order valence-electron chi connectivity index (χ3n) is 2.45. The quantitative estimate of drug-likeness (QED) is 0.878. The van der Waals surface area contributed by atoms with Crippen molar-refractivity contribution in [2.45, 2.75) is 0 Å². The van der Waals surface area contributed by atoms with Crippen LogP contribution < -0.4 is 10.9 Å². The number of amides is 1. The van der Waals surface area contributed by atoms with Gasteiger partial charge in [0.1, 0.15) is 5.82 Å². The molecule has 92 valence electrons. The summed E-state index contributed by atoms with van der Waals surface area (Å²) in [7, 11) is 1.57. The zero-order chi connectivity index (χ0) is 13.1. The first-order chi connectivity index (χ1) is 8.56. The molecular formula is C13H11FN2O2. The van der Waals surface area contributed by atoms with Crippen LogP contribution in [0.15, 0.2) is 47.4 Å². The first-order valence-electron chi connectivity index (χ1n) is 5.30. The lowest BCUT2D eigenvalue weighted by molar-refractivity contribution is 0.102. The van der Waals surface area contributed by atoms with Crippen LogP contribution in [0.4, 0.5) is 10.1 Å². The largest absolute Gasteiger partial charge is 0.322 e. The predicted molar refractivity (Wildman–Crippen MR) is 66.0 cm³/mol. The molecule has 0 spiro atoms. The van der Waals surface area contributed by atoms with Crippen LogP contribution in [0.3, 0.4) is 0 Å². The highest BCUT2D eigenvalue weighted by molar-refractivity contribution is 6.03. The Bertz CT molecular complexity index is 632. The number of halogens is 1. The summed E-state index contributed by atoms with van der Waals surface area (Å²) in [4.78, 5) is 23.0. The van der Waals surface area contributed by atoms with Gasteiger partial charge in [0, 0.05) is 25.0 Å². The number of nitrogens with one attached hydrogen (secondary N) is 1. The van der Waals surface area contributed by atoms with Crippen molar-refractivity contribution < 1.29 is 9.18 Å². The molecule has 0 bridgehead atoms. The molecule has 0 saturated carbocycles. The van der Waals surface area contributed by atoms with E-state index in [2.05, 4.69) is 5.32 Å². The number of pyridine rings is 1. The van der Waals surface area contributed by atoms with Gasteiger partial charge in [0.2, 0.25) is 5.56 Å². The molecule has 1 amide bonds. The van der Waals surface area contributed by atoms with E-state index in [9.17, 15) is 14.0 Å². The maximum absolute atomic E-state index is 12.7. The standard InChI is InChI=1S/C13H11FN2O2/c1-16-8-9(2-7-12(16)17)13(18)15-11-5-3-10(14)4-6-11/h2-8H,1H3,(H,15,18). The van der Waals surface area contributed by atoms with Gasteiger partial charge in [0.15, 0.2) is 0 Å². The number of carbonyl (C=O) groups is 1. The van der Waals surface area contributed by atoms with Crippen LogP contribution in [0, 0.1) is 5.82 Å². The Balaban J connectivity index is 2.19. The Morgan fingerprint density at radius 3 is 2.44 bits per heavy atom. The minimum atomic E-state index is -0.366. The van der Waals surface area contributed by atoms with Crippen LogP contribution in [-0.4, -0.2) is 10.5 Å². The fraction of sp³-hybridized carbons (Fsp3) is 0.0769. The Morgan fingerprint density at radius 1 is 1.17 bits per heavy atom. The lowest BCUT2D eigenvalue weighted by Crippen LogP contribution is -2.19. The molecule has 4 nitrogen and oxygen atoms in total. The third-order valence-corrected chi connectivity index (χ3v) is 2.45. The van der Waals surface area contributed by atoms with Crippen molar-refractivity contribution in [2.75, 3.05) is 5.32 Å². The number of carbonyl (C=O) groups excluding carboxylic acids is 1. The van der Waals surface area contributed by atoms with Crippen LogP contribution in [-0.2, 0) is 7.05 Å². The second-order valence-corrected chi connectivity index (χ2v) is 3.83. The van der Waals surface area contributed by atoms with Gasteiger partial charge in [-0.2, -0.15) is 0 Å². The molecule has 0 saturated heterocycles. The first-order valence-corrected chi connectivity index (χ1v) is 5.30. The minimum Gasteiger partial charge on any atom is -0.322 e. The SMILES string of the molecule is Cn1cc(C(=O)Nc2ccc(F)cc2)ccc1=O. The van der Waals surface area contributed by atoms with Gasteiger partial charge in [-0.05, 0) is 30.3 Å². The summed E-state index contributed by atoms with van der Waals surface area (Å²) in [6, 6.07) is 8.22. The maximum Gasteiger partial charge on any atom is 0.257 e. The van der Waals surface area contributed by atoms with Crippen molar-refractivity contribution in [1.82, 2.24) is 4.57 Å². The van der Waals surface area contributed by atoms with E-state index in [0.717, 1.165) is 0 Å². The van der Waals surface area contributed by atoms with Crippen molar-refractivity contribution in [3.8, 4) is 0 Å². The number of hydrogen-bond acceptors (Lipinski definition) is 2. The zero-order valence-electron chi connectivity index (χ0n) is 9.68. The number of hydrogen-bond donors (Lipinski definition) is 1. The highest BCUT2D eigenvalue weighted by atomic mass is 19.1. The molecule has 5 heteroatoms. The van der Waals surface area contributed by atoms with Gasteiger partial charge in [0.25, 0.3) is 5.91 Å². The molecule has 1 aromatic carbocycles. The second-order valence-electron chi connectivity index (χ2n) is 3.83. The molecule has 18 heavy (non-hydrogen) atoms. The van der Waals surface area contributed by atoms with E-state index in [0.29, 0.717) is 11.3 Å². The summed E-state index contributed by atoms with van der Waals surface area (Å²) < 4.78 is 14.0. The molecule has 1 aromatic heterocycles. The third kappa shape index (κ3) is 2.63. The summed E-state index contributed by atoms with van der Waals surface area (Å²) in [5, 5.41) is 2.61. The first kappa shape index (κ1) is 12.0. The van der Waals surface area contributed by atoms with E-state index in [1.165, 1.54) is 47.2 Å². The van der Waals surface area contributed by atoms with E-state index in [1.54, 1.807) is 7.05 Å². The van der Waals surface area contributed by atoms with E-state index in [1.807, 2.05) is 0 Å². The normalized spacial score (nSPS) is 10.1. The second kappa shape index (κ2) is 4.83. The zero-order valence-corrected chi connectivity index (χ0v) is 9.68. The van der Waals surface area contributed by atoms with Gasteiger partial charge in [-0.15, -0.1) is 0 Å². The lowest BCUT2D eigenvalue weighted by Gasteiger charge is -2.06. The molecular weight excluding hydrogens is 235 g/mol. The van der Waals surface area contributed by atoms with Crippen molar-refractivity contribution in [3.63, 3.8) is 0 Å². The number of nitrogens with zero attached hydrogens (tertiary/aromatic N) is 1. The van der Waals surface area contributed by atoms with Crippen LogP contribution in [0.5, 0.6) is 0 Å². The number of aryl methyl sites for hydroxylation is 1. The summed E-state index contributed by atoms with van der Waals surface area (Å²) in [5.41, 5.74) is 0.671. The van der Waals surface area contributed by atoms with E-state index < -0.39 is 0 Å². The van der Waals surface area contributed by atoms with E-state index in [-0.39, 0.29) is 17.3 Å². The van der Waals surface area contributed by atoms with Crippen LogP contribution in [0.2, 0.25) is 0 Å².